The van der Waals surface area contributed by atoms with Crippen LogP contribution in [0.25, 0.3) is 0 Å². The topological polar surface area (TPSA) is 81.2 Å². The van der Waals surface area contributed by atoms with Crippen molar-refractivity contribution in [1.29, 1.82) is 0 Å². The Labute approximate surface area is 118 Å². The lowest BCUT2D eigenvalue weighted by Crippen LogP contribution is -2.24. The molecule has 0 saturated carbocycles. The summed E-state index contributed by atoms with van der Waals surface area (Å²) in [6, 6.07) is 6.94. The molecule has 0 aromatic carbocycles. The second kappa shape index (κ2) is 5.36. The number of aromatic nitrogens is 1. The van der Waals surface area contributed by atoms with Gasteiger partial charge in [-0.25, -0.2) is 4.98 Å². The molecule has 5 nitrogen and oxygen atoms in total. The van der Waals surface area contributed by atoms with Gasteiger partial charge in [0.25, 0.3) is 5.91 Å². The Hall–Kier alpha value is -2.30. The molecule has 20 heavy (non-hydrogen) atoms. The summed E-state index contributed by atoms with van der Waals surface area (Å²) in [6.07, 6.45) is 1.57. The fourth-order valence-corrected chi connectivity index (χ4v) is 1.75. The summed E-state index contributed by atoms with van der Waals surface area (Å²) in [5.41, 5.74) is 6.91. The third-order valence-electron chi connectivity index (χ3n) is 2.88. The van der Waals surface area contributed by atoms with Crippen LogP contribution in [0, 0.1) is 0 Å². The molecule has 5 heteroatoms. The molecule has 0 saturated heterocycles. The van der Waals surface area contributed by atoms with Gasteiger partial charge in [0.1, 0.15) is 11.6 Å². The third-order valence-corrected chi connectivity index (χ3v) is 2.88. The number of carbonyl (C=O) groups excluding carboxylic acids is 1. The highest BCUT2D eigenvalue weighted by Crippen LogP contribution is 2.22. The Bertz CT molecular complexity index is 598. The molecular formula is C15H19N3O2. The van der Waals surface area contributed by atoms with Crippen molar-refractivity contribution in [2.75, 3.05) is 5.73 Å². The van der Waals surface area contributed by atoms with Crippen LogP contribution in [0.5, 0.6) is 0 Å². The van der Waals surface area contributed by atoms with Crippen molar-refractivity contribution in [1.82, 2.24) is 10.3 Å². The highest BCUT2D eigenvalue weighted by Gasteiger charge is 2.18. The van der Waals surface area contributed by atoms with Crippen molar-refractivity contribution < 1.29 is 9.21 Å². The monoisotopic (exact) mass is 273 g/mol. The molecule has 0 unspecified atom stereocenters. The Balaban J connectivity index is 2.15. The number of pyridine rings is 1. The normalized spacial score (nSPS) is 11.3. The first-order valence-electron chi connectivity index (χ1n) is 6.45. The predicted molar refractivity (Wildman–Crippen MR) is 77.2 cm³/mol. The largest absolute Gasteiger partial charge is 0.467 e. The second-order valence-corrected chi connectivity index (χ2v) is 5.68. The van der Waals surface area contributed by atoms with Gasteiger partial charge in [0.2, 0.25) is 0 Å². The minimum Gasteiger partial charge on any atom is -0.467 e. The summed E-state index contributed by atoms with van der Waals surface area (Å²) in [4.78, 5) is 16.4. The molecule has 0 aliphatic rings. The molecule has 2 aromatic heterocycles. The highest BCUT2D eigenvalue weighted by molar-refractivity contribution is 5.94. The van der Waals surface area contributed by atoms with E-state index in [9.17, 15) is 4.79 Å². The molecule has 3 N–H and O–H groups in total. The maximum Gasteiger partial charge on any atom is 0.251 e. The summed E-state index contributed by atoms with van der Waals surface area (Å²) in [6.45, 7) is 6.43. The molecule has 0 spiro atoms. The summed E-state index contributed by atoms with van der Waals surface area (Å²) in [5.74, 6) is 0.859. The number of carbonyl (C=O) groups is 1. The van der Waals surface area contributed by atoms with Crippen LogP contribution in [-0.2, 0) is 12.0 Å². The fraction of sp³-hybridized carbons (Fsp3) is 0.333. The molecular weight excluding hydrogens is 254 g/mol. The van der Waals surface area contributed by atoms with Crippen LogP contribution in [0.4, 0.5) is 5.82 Å². The smallest absolute Gasteiger partial charge is 0.251 e. The van der Waals surface area contributed by atoms with Crippen LogP contribution in [-0.4, -0.2) is 10.9 Å². The van der Waals surface area contributed by atoms with Crippen molar-refractivity contribution in [3.8, 4) is 0 Å². The molecule has 106 valence electrons. The minimum atomic E-state index is -0.194. The molecule has 0 radical (unpaired) electrons. The van der Waals surface area contributed by atoms with Gasteiger partial charge in [-0.3, -0.25) is 4.79 Å². The van der Waals surface area contributed by atoms with E-state index in [0.717, 1.165) is 5.69 Å². The van der Waals surface area contributed by atoms with Gasteiger partial charge in [-0.15, -0.1) is 0 Å². The van der Waals surface area contributed by atoms with Gasteiger partial charge in [-0.05, 0) is 24.3 Å². The van der Waals surface area contributed by atoms with Crippen LogP contribution < -0.4 is 11.1 Å². The van der Waals surface area contributed by atoms with Crippen LogP contribution in [0.1, 0.15) is 42.6 Å². The number of nitrogen functional groups attached to an aromatic ring is 1. The SMILES string of the molecule is CC(C)(C)c1cc(C(=O)NCc2ccco2)cc(N)n1. The summed E-state index contributed by atoms with van der Waals surface area (Å²) >= 11 is 0. The van der Waals surface area contributed by atoms with Crippen molar-refractivity contribution >= 4 is 11.7 Å². The van der Waals surface area contributed by atoms with Gasteiger partial charge in [0.15, 0.2) is 0 Å². The van der Waals surface area contributed by atoms with Gasteiger partial charge in [0.05, 0.1) is 12.8 Å². The molecule has 0 aliphatic heterocycles. The van der Waals surface area contributed by atoms with Gasteiger partial charge >= 0.3 is 0 Å². The van der Waals surface area contributed by atoms with Crippen LogP contribution in [0.2, 0.25) is 0 Å². The van der Waals surface area contributed by atoms with Crippen molar-refractivity contribution in [3.63, 3.8) is 0 Å². The Morgan fingerprint density at radius 1 is 1.40 bits per heavy atom. The maximum absolute atomic E-state index is 12.1. The lowest BCUT2D eigenvalue weighted by Gasteiger charge is -2.19. The van der Waals surface area contributed by atoms with Crippen molar-refractivity contribution in [2.45, 2.75) is 32.7 Å². The lowest BCUT2D eigenvalue weighted by atomic mass is 9.90. The molecule has 2 rings (SSSR count). The first-order valence-corrected chi connectivity index (χ1v) is 6.45. The number of nitrogens with zero attached hydrogens (tertiary/aromatic N) is 1. The quantitative estimate of drug-likeness (QED) is 0.900. The number of nitrogens with one attached hydrogen (secondary N) is 1. The lowest BCUT2D eigenvalue weighted by molar-refractivity contribution is 0.0948. The minimum absolute atomic E-state index is 0.161. The Morgan fingerprint density at radius 2 is 2.15 bits per heavy atom. The number of rotatable bonds is 3. The molecule has 1 amide bonds. The second-order valence-electron chi connectivity index (χ2n) is 5.68. The number of nitrogens with two attached hydrogens (primary N) is 1. The van der Waals surface area contributed by atoms with E-state index >= 15 is 0 Å². The number of amides is 1. The molecule has 0 aliphatic carbocycles. The van der Waals surface area contributed by atoms with Gasteiger partial charge < -0.3 is 15.5 Å². The summed E-state index contributed by atoms with van der Waals surface area (Å²) in [7, 11) is 0. The molecule has 0 fully saturated rings. The molecule has 2 aromatic rings. The maximum atomic E-state index is 12.1. The average molecular weight is 273 g/mol. The number of furan rings is 1. The van der Waals surface area contributed by atoms with E-state index < -0.39 is 0 Å². The number of anilines is 1. The molecule has 0 bridgehead atoms. The van der Waals surface area contributed by atoms with Crippen LogP contribution in [0.15, 0.2) is 34.9 Å². The van der Waals surface area contributed by atoms with E-state index in [1.54, 1.807) is 24.5 Å². The van der Waals surface area contributed by atoms with Gasteiger partial charge in [-0.2, -0.15) is 0 Å². The summed E-state index contributed by atoms with van der Waals surface area (Å²) < 4.78 is 5.17. The Kier molecular flexibility index (Phi) is 3.79. The zero-order valence-electron chi connectivity index (χ0n) is 11.9. The molecule has 2 heterocycles. The van der Waals surface area contributed by atoms with E-state index in [1.807, 2.05) is 26.8 Å². The molecule has 0 atom stereocenters. The van der Waals surface area contributed by atoms with E-state index in [4.69, 9.17) is 10.2 Å². The zero-order chi connectivity index (χ0) is 14.8. The zero-order valence-corrected chi connectivity index (χ0v) is 11.9. The Morgan fingerprint density at radius 3 is 2.75 bits per heavy atom. The van der Waals surface area contributed by atoms with Gasteiger partial charge in [0, 0.05) is 16.7 Å². The van der Waals surface area contributed by atoms with Crippen molar-refractivity contribution in [2.24, 2.45) is 0 Å². The van der Waals surface area contributed by atoms with Crippen molar-refractivity contribution in [3.05, 3.63) is 47.5 Å². The van der Waals surface area contributed by atoms with Crippen LogP contribution >= 0.6 is 0 Å². The predicted octanol–water partition coefficient (Wildman–Crippen LogP) is 2.48. The summed E-state index contributed by atoms with van der Waals surface area (Å²) in [5, 5.41) is 2.79. The highest BCUT2D eigenvalue weighted by atomic mass is 16.3. The fourth-order valence-electron chi connectivity index (χ4n) is 1.75. The first kappa shape index (κ1) is 14.1. The third kappa shape index (κ3) is 3.38. The standard InChI is InChI=1S/C15H19N3O2/c1-15(2,3)12-7-10(8-13(16)18-12)14(19)17-9-11-5-4-6-20-11/h4-8H,9H2,1-3H3,(H2,16,18)(H,17,19). The number of hydrogen-bond acceptors (Lipinski definition) is 4. The van der Waals surface area contributed by atoms with E-state index in [2.05, 4.69) is 10.3 Å². The van der Waals surface area contributed by atoms with Gasteiger partial charge in [-0.1, -0.05) is 20.8 Å². The van der Waals surface area contributed by atoms with Crippen LogP contribution in [0.3, 0.4) is 0 Å². The number of hydrogen-bond donors (Lipinski definition) is 2. The average Bonchev–Trinajstić information content (AvgIpc) is 2.87. The van der Waals surface area contributed by atoms with E-state index in [0.29, 0.717) is 23.7 Å². The van der Waals surface area contributed by atoms with E-state index in [1.165, 1.54) is 0 Å². The first-order chi connectivity index (χ1) is 9.36. The van der Waals surface area contributed by atoms with E-state index in [-0.39, 0.29) is 11.3 Å².